The molecule has 1 rings (SSSR count). The van der Waals surface area contributed by atoms with Crippen LogP contribution in [-0.4, -0.2) is 28.0 Å². The fraction of sp³-hybridized carbons (Fsp3) is 0.583. The van der Waals surface area contributed by atoms with E-state index < -0.39 is 23.3 Å². The molecule has 0 radical (unpaired) electrons. The van der Waals surface area contributed by atoms with Crippen molar-refractivity contribution in [2.75, 3.05) is 0 Å². The molecule has 1 atom stereocenters. The molecule has 1 aromatic rings. The lowest BCUT2D eigenvalue weighted by Gasteiger charge is -2.27. The van der Waals surface area contributed by atoms with E-state index in [1.807, 2.05) is 0 Å². The first-order chi connectivity index (χ1) is 8.12. The van der Waals surface area contributed by atoms with Gasteiger partial charge in [0.1, 0.15) is 6.04 Å². The molecule has 0 aromatic carbocycles. The van der Waals surface area contributed by atoms with Crippen LogP contribution in [-0.2, 0) is 4.79 Å². The summed E-state index contributed by atoms with van der Waals surface area (Å²) < 4.78 is 5.15. The van der Waals surface area contributed by atoms with Gasteiger partial charge in [-0.2, -0.15) is 0 Å². The number of carbonyl (C=O) groups excluding carboxylic acids is 1. The van der Waals surface area contributed by atoms with Crippen LogP contribution < -0.4 is 5.32 Å². The topological polar surface area (TPSA) is 92.4 Å². The monoisotopic (exact) mass is 254 g/mol. The predicted molar refractivity (Wildman–Crippen MR) is 64.3 cm³/mol. The number of carboxylic acid groups (broad SMARTS) is 1. The van der Waals surface area contributed by atoms with Gasteiger partial charge in [0.15, 0.2) is 5.89 Å². The third-order valence-electron chi connectivity index (χ3n) is 2.50. The summed E-state index contributed by atoms with van der Waals surface area (Å²) in [7, 11) is 0. The quantitative estimate of drug-likeness (QED) is 0.853. The van der Waals surface area contributed by atoms with E-state index in [4.69, 9.17) is 9.52 Å². The molecular weight excluding hydrogens is 236 g/mol. The average Bonchev–Trinajstić information content (AvgIpc) is 2.51. The number of rotatable bonds is 3. The second-order valence-electron chi connectivity index (χ2n) is 5.26. The van der Waals surface area contributed by atoms with Crippen molar-refractivity contribution in [3.63, 3.8) is 0 Å². The van der Waals surface area contributed by atoms with E-state index >= 15 is 0 Å². The minimum Gasteiger partial charge on any atom is -0.480 e. The number of nitrogens with one attached hydrogen (secondary N) is 1. The van der Waals surface area contributed by atoms with Crippen LogP contribution in [0.2, 0.25) is 0 Å². The van der Waals surface area contributed by atoms with E-state index in [9.17, 15) is 9.59 Å². The van der Waals surface area contributed by atoms with Crippen molar-refractivity contribution in [1.29, 1.82) is 0 Å². The summed E-state index contributed by atoms with van der Waals surface area (Å²) >= 11 is 0. The molecule has 0 aliphatic carbocycles. The summed E-state index contributed by atoms with van der Waals surface area (Å²) in [6.07, 6.45) is 0. The normalized spacial score (nSPS) is 13.2. The zero-order valence-electron chi connectivity index (χ0n) is 11.2. The summed E-state index contributed by atoms with van der Waals surface area (Å²) in [5.41, 5.74) is -0.146. The van der Waals surface area contributed by atoms with Crippen molar-refractivity contribution in [3.8, 4) is 0 Å². The third-order valence-corrected chi connectivity index (χ3v) is 2.50. The van der Waals surface area contributed by atoms with E-state index in [0.717, 1.165) is 0 Å². The van der Waals surface area contributed by atoms with Crippen molar-refractivity contribution in [1.82, 2.24) is 10.3 Å². The van der Waals surface area contributed by atoms with E-state index in [1.165, 1.54) is 0 Å². The molecule has 0 aliphatic heterocycles. The van der Waals surface area contributed by atoms with Gasteiger partial charge in [0.2, 0.25) is 5.76 Å². The first-order valence-electron chi connectivity index (χ1n) is 5.60. The first kappa shape index (κ1) is 14.2. The number of hydrogen-bond acceptors (Lipinski definition) is 4. The third kappa shape index (κ3) is 3.09. The van der Waals surface area contributed by atoms with Crippen molar-refractivity contribution in [2.45, 2.75) is 40.7 Å². The highest BCUT2D eigenvalue weighted by Gasteiger charge is 2.33. The molecule has 0 aliphatic rings. The van der Waals surface area contributed by atoms with Crippen LogP contribution in [0.5, 0.6) is 0 Å². The largest absolute Gasteiger partial charge is 0.480 e. The highest BCUT2D eigenvalue weighted by molar-refractivity contribution is 5.95. The zero-order valence-corrected chi connectivity index (χ0v) is 11.2. The number of amides is 1. The number of hydrogen-bond donors (Lipinski definition) is 2. The average molecular weight is 254 g/mol. The lowest BCUT2D eigenvalue weighted by Crippen LogP contribution is -2.49. The summed E-state index contributed by atoms with van der Waals surface area (Å²) in [6, 6.07) is -0.991. The molecule has 6 heteroatoms. The minimum atomic E-state index is -1.08. The van der Waals surface area contributed by atoms with Crippen LogP contribution in [0.1, 0.15) is 42.9 Å². The Bertz CT molecular complexity index is 471. The van der Waals surface area contributed by atoms with E-state index in [0.29, 0.717) is 11.6 Å². The predicted octanol–water partition coefficient (Wildman–Crippen LogP) is 1.52. The SMILES string of the molecule is Cc1nc(C)c(C(=O)NC(C(=O)O)C(C)(C)C)o1. The fourth-order valence-corrected chi connectivity index (χ4v) is 1.59. The molecule has 1 unspecified atom stereocenters. The van der Waals surface area contributed by atoms with Gasteiger partial charge in [-0.3, -0.25) is 4.79 Å². The van der Waals surface area contributed by atoms with Gasteiger partial charge in [0.05, 0.1) is 5.69 Å². The molecule has 6 nitrogen and oxygen atoms in total. The van der Waals surface area contributed by atoms with Crippen molar-refractivity contribution < 1.29 is 19.1 Å². The fourth-order valence-electron chi connectivity index (χ4n) is 1.59. The van der Waals surface area contributed by atoms with Gasteiger partial charge in [0, 0.05) is 6.92 Å². The highest BCUT2D eigenvalue weighted by atomic mass is 16.4. The number of aromatic nitrogens is 1. The second kappa shape index (κ2) is 4.80. The number of aliphatic carboxylic acids is 1. The molecule has 1 aromatic heterocycles. The van der Waals surface area contributed by atoms with Crippen LogP contribution in [0.25, 0.3) is 0 Å². The number of carbonyl (C=O) groups is 2. The van der Waals surface area contributed by atoms with Crippen LogP contribution in [0.4, 0.5) is 0 Å². The van der Waals surface area contributed by atoms with Crippen molar-refractivity contribution in [3.05, 3.63) is 17.3 Å². The highest BCUT2D eigenvalue weighted by Crippen LogP contribution is 2.20. The van der Waals surface area contributed by atoms with Crippen LogP contribution >= 0.6 is 0 Å². The Hall–Kier alpha value is -1.85. The zero-order chi connectivity index (χ0) is 14.1. The Morgan fingerprint density at radius 3 is 2.22 bits per heavy atom. The maximum atomic E-state index is 11.9. The van der Waals surface area contributed by atoms with E-state index in [-0.39, 0.29) is 5.76 Å². The summed E-state index contributed by atoms with van der Waals surface area (Å²) in [4.78, 5) is 27.0. The van der Waals surface area contributed by atoms with Gasteiger partial charge in [0.25, 0.3) is 5.91 Å². The molecule has 1 amide bonds. The maximum absolute atomic E-state index is 11.9. The minimum absolute atomic E-state index is 0.0583. The molecule has 0 fully saturated rings. The molecule has 0 bridgehead atoms. The number of aryl methyl sites for hydroxylation is 2. The smallest absolute Gasteiger partial charge is 0.326 e. The van der Waals surface area contributed by atoms with Crippen LogP contribution in [0.3, 0.4) is 0 Å². The van der Waals surface area contributed by atoms with Crippen LogP contribution in [0, 0.1) is 19.3 Å². The molecule has 2 N–H and O–H groups in total. The molecule has 100 valence electrons. The molecule has 0 saturated carbocycles. The van der Waals surface area contributed by atoms with Crippen LogP contribution in [0.15, 0.2) is 4.42 Å². The molecule has 0 saturated heterocycles. The van der Waals surface area contributed by atoms with Gasteiger partial charge in [-0.15, -0.1) is 0 Å². The first-order valence-corrected chi connectivity index (χ1v) is 5.60. The Labute approximate surface area is 105 Å². The van der Waals surface area contributed by atoms with E-state index in [2.05, 4.69) is 10.3 Å². The summed E-state index contributed by atoms with van der Waals surface area (Å²) in [6.45, 7) is 8.49. The Morgan fingerprint density at radius 1 is 1.33 bits per heavy atom. The van der Waals surface area contributed by atoms with Gasteiger partial charge < -0.3 is 14.8 Å². The molecule has 18 heavy (non-hydrogen) atoms. The van der Waals surface area contributed by atoms with Gasteiger partial charge in [-0.05, 0) is 12.3 Å². The molecule has 1 heterocycles. The summed E-state index contributed by atoms with van der Waals surface area (Å²) in [5.74, 6) is -1.21. The Morgan fingerprint density at radius 2 is 1.89 bits per heavy atom. The number of oxazole rings is 1. The lowest BCUT2D eigenvalue weighted by molar-refractivity contribution is -0.142. The van der Waals surface area contributed by atoms with Gasteiger partial charge >= 0.3 is 5.97 Å². The lowest BCUT2D eigenvalue weighted by atomic mass is 9.86. The Kier molecular flexibility index (Phi) is 3.79. The van der Waals surface area contributed by atoms with Gasteiger partial charge in [-0.25, -0.2) is 9.78 Å². The molecule has 0 spiro atoms. The van der Waals surface area contributed by atoms with Crippen molar-refractivity contribution >= 4 is 11.9 Å². The summed E-state index contributed by atoms with van der Waals surface area (Å²) in [5, 5.41) is 11.6. The van der Waals surface area contributed by atoms with Crippen molar-refractivity contribution in [2.24, 2.45) is 5.41 Å². The van der Waals surface area contributed by atoms with Gasteiger partial charge in [-0.1, -0.05) is 20.8 Å². The number of carboxylic acids is 1. The Balaban J connectivity index is 2.93. The molecular formula is C12H18N2O4. The second-order valence-corrected chi connectivity index (χ2v) is 5.26. The van der Waals surface area contributed by atoms with E-state index in [1.54, 1.807) is 34.6 Å². The maximum Gasteiger partial charge on any atom is 0.326 e. The number of nitrogens with zero attached hydrogens (tertiary/aromatic N) is 1. The standard InChI is InChI=1S/C12H18N2O4/c1-6-8(18-7(2)13-6)10(15)14-9(11(16)17)12(3,4)5/h9H,1-5H3,(H,14,15)(H,16,17).